The molecule has 1 aromatic carbocycles. The van der Waals surface area contributed by atoms with E-state index < -0.39 is 5.67 Å². The van der Waals surface area contributed by atoms with E-state index in [0.29, 0.717) is 12.8 Å². The first-order chi connectivity index (χ1) is 8.30. The minimum atomic E-state index is -1.22. The number of fused-ring (bicyclic) bond motifs is 1. The van der Waals surface area contributed by atoms with Gasteiger partial charge in [0.25, 0.3) is 0 Å². The van der Waals surface area contributed by atoms with Crippen LogP contribution in [0.5, 0.6) is 0 Å². The van der Waals surface area contributed by atoms with Crippen LogP contribution in [0.15, 0.2) is 36.5 Å². The molecule has 2 heterocycles. The van der Waals surface area contributed by atoms with Gasteiger partial charge < -0.3 is 5.32 Å². The Labute approximate surface area is 99.9 Å². The molecule has 1 saturated heterocycles. The number of hydrogen-bond donors (Lipinski definition) is 1. The van der Waals surface area contributed by atoms with Crippen molar-refractivity contribution in [3.63, 3.8) is 0 Å². The molecule has 2 nitrogen and oxygen atoms in total. The molecule has 0 aliphatic carbocycles. The van der Waals surface area contributed by atoms with Crippen molar-refractivity contribution in [3.8, 4) is 0 Å². The van der Waals surface area contributed by atoms with E-state index in [0.717, 1.165) is 29.6 Å². The monoisotopic (exact) mass is 230 g/mol. The molecule has 0 spiro atoms. The van der Waals surface area contributed by atoms with Crippen molar-refractivity contribution < 1.29 is 4.39 Å². The molecule has 17 heavy (non-hydrogen) atoms. The van der Waals surface area contributed by atoms with Crippen LogP contribution in [0, 0.1) is 0 Å². The third-order valence-corrected chi connectivity index (χ3v) is 3.51. The number of alkyl halides is 1. The summed E-state index contributed by atoms with van der Waals surface area (Å²) in [6.45, 7) is 1.47. The maximum absolute atomic E-state index is 15.0. The van der Waals surface area contributed by atoms with Gasteiger partial charge in [-0.1, -0.05) is 24.3 Å². The maximum atomic E-state index is 15.0. The highest BCUT2D eigenvalue weighted by molar-refractivity contribution is 5.82. The molecule has 1 aliphatic rings. The average molecular weight is 230 g/mol. The topological polar surface area (TPSA) is 24.9 Å². The summed E-state index contributed by atoms with van der Waals surface area (Å²) in [4.78, 5) is 4.34. The van der Waals surface area contributed by atoms with Gasteiger partial charge in [0.05, 0.1) is 5.52 Å². The second kappa shape index (κ2) is 4.08. The van der Waals surface area contributed by atoms with Crippen LogP contribution in [0.25, 0.3) is 10.9 Å². The fourth-order valence-electron chi connectivity index (χ4n) is 2.56. The van der Waals surface area contributed by atoms with Gasteiger partial charge >= 0.3 is 0 Å². The van der Waals surface area contributed by atoms with E-state index >= 15 is 0 Å². The molecule has 0 saturated carbocycles. The second-order valence-corrected chi connectivity index (χ2v) is 4.60. The van der Waals surface area contributed by atoms with E-state index in [-0.39, 0.29) is 0 Å². The Balaban J connectivity index is 2.16. The lowest BCUT2D eigenvalue weighted by Crippen LogP contribution is -2.36. The minimum Gasteiger partial charge on any atom is -0.316 e. The number of rotatable bonds is 1. The number of halogens is 1. The molecule has 3 heteroatoms. The molecule has 0 amide bonds. The molecule has 0 bridgehead atoms. The van der Waals surface area contributed by atoms with Crippen molar-refractivity contribution in [2.75, 3.05) is 13.1 Å². The maximum Gasteiger partial charge on any atom is 0.140 e. The standard InChI is InChI=1S/C14H15FN2/c15-14(6-9-16-10-7-14)12-5-1-3-11-4-2-8-17-13(11)12/h1-5,8,16H,6-7,9-10H2. The van der Waals surface area contributed by atoms with E-state index in [1.165, 1.54) is 0 Å². The lowest BCUT2D eigenvalue weighted by atomic mass is 9.85. The average Bonchev–Trinajstić information content (AvgIpc) is 2.39. The van der Waals surface area contributed by atoms with Crippen molar-refractivity contribution in [1.82, 2.24) is 10.3 Å². The smallest absolute Gasteiger partial charge is 0.140 e. The number of nitrogens with zero attached hydrogens (tertiary/aromatic N) is 1. The molecule has 1 aliphatic heterocycles. The van der Waals surface area contributed by atoms with Crippen molar-refractivity contribution in [2.45, 2.75) is 18.5 Å². The molecule has 0 unspecified atom stereocenters. The first-order valence-electron chi connectivity index (χ1n) is 6.03. The number of nitrogens with one attached hydrogen (secondary N) is 1. The fraction of sp³-hybridized carbons (Fsp3) is 0.357. The number of aromatic nitrogens is 1. The summed E-state index contributed by atoms with van der Waals surface area (Å²) in [5.74, 6) is 0. The number of para-hydroxylation sites is 1. The fourth-order valence-corrected chi connectivity index (χ4v) is 2.56. The Morgan fingerprint density at radius 2 is 1.88 bits per heavy atom. The largest absolute Gasteiger partial charge is 0.316 e. The van der Waals surface area contributed by atoms with Gasteiger partial charge in [0.2, 0.25) is 0 Å². The number of benzene rings is 1. The second-order valence-electron chi connectivity index (χ2n) is 4.60. The zero-order chi connectivity index (χ0) is 11.7. The van der Waals surface area contributed by atoms with E-state index in [9.17, 15) is 4.39 Å². The normalized spacial score (nSPS) is 19.4. The molecule has 3 rings (SSSR count). The minimum absolute atomic E-state index is 0.530. The summed E-state index contributed by atoms with van der Waals surface area (Å²) in [5, 5.41) is 4.21. The van der Waals surface area contributed by atoms with Gasteiger partial charge in [0, 0.05) is 17.1 Å². The molecular formula is C14H15FN2. The van der Waals surface area contributed by atoms with Crippen molar-refractivity contribution >= 4 is 10.9 Å². The Hall–Kier alpha value is -1.48. The molecule has 0 atom stereocenters. The Kier molecular flexibility index (Phi) is 2.56. The predicted molar refractivity (Wildman–Crippen MR) is 66.6 cm³/mol. The van der Waals surface area contributed by atoms with Gasteiger partial charge in [0.15, 0.2) is 0 Å². The number of piperidine rings is 1. The van der Waals surface area contributed by atoms with Gasteiger partial charge in [0.1, 0.15) is 5.67 Å². The van der Waals surface area contributed by atoms with Crippen LogP contribution in [0.4, 0.5) is 4.39 Å². The molecule has 1 N–H and O–H groups in total. The summed E-state index contributed by atoms with van der Waals surface area (Å²) in [5.41, 5.74) is 0.329. The van der Waals surface area contributed by atoms with Gasteiger partial charge in [-0.3, -0.25) is 4.98 Å². The van der Waals surface area contributed by atoms with Crippen LogP contribution in [0.1, 0.15) is 18.4 Å². The number of hydrogen-bond acceptors (Lipinski definition) is 2. The summed E-state index contributed by atoms with van der Waals surface area (Å²) in [6, 6.07) is 9.65. The summed E-state index contributed by atoms with van der Waals surface area (Å²) in [6.07, 6.45) is 2.79. The Morgan fingerprint density at radius 3 is 2.71 bits per heavy atom. The summed E-state index contributed by atoms with van der Waals surface area (Å²) >= 11 is 0. The summed E-state index contributed by atoms with van der Waals surface area (Å²) in [7, 11) is 0. The summed E-state index contributed by atoms with van der Waals surface area (Å²) < 4.78 is 15.0. The van der Waals surface area contributed by atoms with Crippen LogP contribution in [0.3, 0.4) is 0 Å². The SMILES string of the molecule is FC1(c2cccc3cccnc23)CCNCC1. The molecule has 2 aromatic rings. The molecule has 1 fully saturated rings. The van der Waals surface area contributed by atoms with Crippen LogP contribution >= 0.6 is 0 Å². The lowest BCUT2D eigenvalue weighted by Gasteiger charge is -2.31. The quantitative estimate of drug-likeness (QED) is 0.814. The molecule has 88 valence electrons. The van der Waals surface area contributed by atoms with Crippen LogP contribution in [0.2, 0.25) is 0 Å². The zero-order valence-electron chi connectivity index (χ0n) is 9.62. The van der Waals surface area contributed by atoms with Crippen molar-refractivity contribution in [1.29, 1.82) is 0 Å². The van der Waals surface area contributed by atoms with Crippen LogP contribution in [-0.2, 0) is 5.67 Å². The lowest BCUT2D eigenvalue weighted by molar-refractivity contribution is 0.117. The first-order valence-corrected chi connectivity index (χ1v) is 6.03. The van der Waals surface area contributed by atoms with Crippen molar-refractivity contribution in [2.24, 2.45) is 0 Å². The Morgan fingerprint density at radius 1 is 1.12 bits per heavy atom. The molecule has 0 radical (unpaired) electrons. The van der Waals surface area contributed by atoms with Gasteiger partial charge in [-0.2, -0.15) is 0 Å². The predicted octanol–water partition coefficient (Wildman–Crippen LogP) is 2.78. The van der Waals surface area contributed by atoms with Gasteiger partial charge in [-0.15, -0.1) is 0 Å². The van der Waals surface area contributed by atoms with E-state index in [1.54, 1.807) is 6.20 Å². The third-order valence-electron chi connectivity index (χ3n) is 3.51. The highest BCUT2D eigenvalue weighted by atomic mass is 19.1. The highest BCUT2D eigenvalue weighted by Crippen LogP contribution is 2.37. The van der Waals surface area contributed by atoms with Crippen LogP contribution in [-0.4, -0.2) is 18.1 Å². The van der Waals surface area contributed by atoms with E-state index in [2.05, 4.69) is 10.3 Å². The van der Waals surface area contributed by atoms with Crippen LogP contribution < -0.4 is 5.32 Å². The Bertz CT molecular complexity index is 527. The molecular weight excluding hydrogens is 215 g/mol. The van der Waals surface area contributed by atoms with Gasteiger partial charge in [-0.05, 0) is 32.0 Å². The first kappa shape index (κ1) is 10.7. The van der Waals surface area contributed by atoms with Crippen molar-refractivity contribution in [3.05, 3.63) is 42.1 Å². The van der Waals surface area contributed by atoms with E-state index in [1.807, 2.05) is 30.3 Å². The van der Waals surface area contributed by atoms with E-state index in [4.69, 9.17) is 0 Å². The van der Waals surface area contributed by atoms with Gasteiger partial charge in [-0.25, -0.2) is 4.39 Å². The highest BCUT2D eigenvalue weighted by Gasteiger charge is 2.35. The number of pyridine rings is 1. The molecule has 1 aromatic heterocycles. The third kappa shape index (κ3) is 1.80. The zero-order valence-corrected chi connectivity index (χ0v) is 9.62.